The molecule has 2 aromatic carbocycles. The molecule has 182 valence electrons. The molecule has 34 heavy (non-hydrogen) atoms. The van der Waals surface area contributed by atoms with Crippen molar-refractivity contribution in [2.75, 3.05) is 32.8 Å². The first-order chi connectivity index (χ1) is 16.3. The minimum atomic E-state index is 0. The maximum Gasteiger partial charge on any atom is 0.191 e. The lowest BCUT2D eigenvalue weighted by Gasteiger charge is -2.27. The van der Waals surface area contributed by atoms with Crippen LogP contribution in [-0.4, -0.2) is 53.5 Å². The van der Waals surface area contributed by atoms with Gasteiger partial charge in [-0.15, -0.1) is 24.0 Å². The van der Waals surface area contributed by atoms with Gasteiger partial charge in [-0.3, -0.25) is 9.58 Å². The predicted octanol–water partition coefficient (Wildman–Crippen LogP) is 3.64. The van der Waals surface area contributed by atoms with Gasteiger partial charge in [-0.1, -0.05) is 48.5 Å². The van der Waals surface area contributed by atoms with Gasteiger partial charge in [0.05, 0.1) is 26.3 Å². The molecule has 0 amide bonds. The van der Waals surface area contributed by atoms with E-state index in [2.05, 4.69) is 76.1 Å². The van der Waals surface area contributed by atoms with E-state index >= 15 is 0 Å². The number of aromatic nitrogens is 2. The van der Waals surface area contributed by atoms with Crippen molar-refractivity contribution in [3.63, 3.8) is 0 Å². The molecule has 3 aromatic rings. The summed E-state index contributed by atoms with van der Waals surface area (Å²) < 4.78 is 7.44. The SMILES string of the molecule is CCNC(=NCc1ccccc1CN1CCOCC1)NCc1ccccc1Cn1cccn1.I. The molecule has 0 spiro atoms. The number of halogens is 1. The van der Waals surface area contributed by atoms with Crippen LogP contribution >= 0.6 is 24.0 Å². The normalized spacial score (nSPS) is 14.4. The predicted molar refractivity (Wildman–Crippen MR) is 147 cm³/mol. The number of ether oxygens (including phenoxy) is 1. The molecular weight excluding hydrogens is 539 g/mol. The summed E-state index contributed by atoms with van der Waals surface area (Å²) in [6.45, 7) is 9.56. The van der Waals surface area contributed by atoms with Gasteiger partial charge in [0.25, 0.3) is 0 Å². The van der Waals surface area contributed by atoms with Crippen LogP contribution in [0.4, 0.5) is 0 Å². The highest BCUT2D eigenvalue weighted by atomic mass is 127. The lowest BCUT2D eigenvalue weighted by Crippen LogP contribution is -2.37. The smallest absolute Gasteiger partial charge is 0.191 e. The molecule has 1 fully saturated rings. The minimum absolute atomic E-state index is 0. The third-order valence-corrected chi connectivity index (χ3v) is 5.82. The molecule has 0 unspecified atom stereocenters. The Labute approximate surface area is 219 Å². The maximum absolute atomic E-state index is 5.49. The van der Waals surface area contributed by atoms with E-state index in [0.29, 0.717) is 13.1 Å². The average Bonchev–Trinajstić information content (AvgIpc) is 3.36. The van der Waals surface area contributed by atoms with E-state index in [-0.39, 0.29) is 24.0 Å². The molecule has 7 nitrogen and oxygen atoms in total. The number of hydrogen-bond acceptors (Lipinski definition) is 4. The van der Waals surface area contributed by atoms with E-state index in [1.165, 1.54) is 22.3 Å². The minimum Gasteiger partial charge on any atom is -0.379 e. The van der Waals surface area contributed by atoms with Crippen molar-refractivity contribution in [3.8, 4) is 0 Å². The number of nitrogens with one attached hydrogen (secondary N) is 2. The van der Waals surface area contributed by atoms with Gasteiger partial charge < -0.3 is 15.4 Å². The second-order valence-electron chi connectivity index (χ2n) is 8.18. The quantitative estimate of drug-likeness (QED) is 0.232. The van der Waals surface area contributed by atoms with E-state index in [1.54, 1.807) is 0 Å². The van der Waals surface area contributed by atoms with Crippen LogP contribution in [0, 0.1) is 0 Å². The summed E-state index contributed by atoms with van der Waals surface area (Å²) in [6.07, 6.45) is 3.80. The van der Waals surface area contributed by atoms with Gasteiger partial charge in [-0.2, -0.15) is 5.10 Å². The Hall–Kier alpha value is -2.43. The standard InChI is InChI=1S/C26H34N6O.HI/c1-2-27-26(29-19-23-9-4-6-11-25(23)21-32-13-7-12-30-32)28-18-22-8-3-5-10-24(22)20-31-14-16-33-17-15-31;/h3-13H,2,14-21H2,1H3,(H2,27,28,29);1H. The second kappa shape index (κ2) is 14.1. The fraction of sp³-hybridized carbons (Fsp3) is 0.385. The molecule has 0 saturated carbocycles. The van der Waals surface area contributed by atoms with E-state index in [0.717, 1.165) is 51.9 Å². The van der Waals surface area contributed by atoms with Crippen LogP contribution in [0.2, 0.25) is 0 Å². The van der Waals surface area contributed by atoms with Crippen molar-refractivity contribution < 1.29 is 4.74 Å². The monoisotopic (exact) mass is 574 g/mol. The molecule has 8 heteroatoms. The van der Waals surface area contributed by atoms with Crippen molar-refractivity contribution in [2.24, 2.45) is 4.99 Å². The van der Waals surface area contributed by atoms with Crippen LogP contribution in [0.1, 0.15) is 29.2 Å². The highest BCUT2D eigenvalue weighted by Crippen LogP contribution is 2.14. The molecular formula is C26H35IN6O. The van der Waals surface area contributed by atoms with Crippen molar-refractivity contribution in [1.29, 1.82) is 0 Å². The summed E-state index contributed by atoms with van der Waals surface area (Å²) in [4.78, 5) is 7.34. The Morgan fingerprint density at radius 2 is 1.59 bits per heavy atom. The summed E-state index contributed by atoms with van der Waals surface area (Å²) in [5.74, 6) is 0.826. The number of guanidine groups is 1. The summed E-state index contributed by atoms with van der Waals surface area (Å²) >= 11 is 0. The fourth-order valence-electron chi connectivity index (χ4n) is 4.00. The van der Waals surface area contributed by atoms with Crippen molar-refractivity contribution >= 4 is 29.9 Å². The van der Waals surface area contributed by atoms with Crippen LogP contribution in [0.25, 0.3) is 0 Å². The van der Waals surface area contributed by atoms with Gasteiger partial charge in [0.2, 0.25) is 0 Å². The zero-order valence-corrected chi connectivity index (χ0v) is 22.2. The van der Waals surface area contributed by atoms with Gasteiger partial charge in [-0.25, -0.2) is 4.99 Å². The Morgan fingerprint density at radius 3 is 2.26 bits per heavy atom. The molecule has 1 aromatic heterocycles. The first kappa shape index (κ1) is 26.2. The zero-order chi connectivity index (χ0) is 22.7. The molecule has 2 N–H and O–H groups in total. The molecule has 4 rings (SSSR count). The number of rotatable bonds is 9. The highest BCUT2D eigenvalue weighted by molar-refractivity contribution is 14.0. The lowest BCUT2D eigenvalue weighted by molar-refractivity contribution is 0.0341. The molecule has 0 radical (unpaired) electrons. The van der Waals surface area contributed by atoms with Gasteiger partial charge in [0.15, 0.2) is 5.96 Å². The average molecular weight is 575 g/mol. The molecule has 1 saturated heterocycles. The second-order valence-corrected chi connectivity index (χ2v) is 8.18. The third kappa shape index (κ3) is 7.82. The van der Waals surface area contributed by atoms with E-state index in [4.69, 9.17) is 9.73 Å². The number of morpholine rings is 1. The zero-order valence-electron chi connectivity index (χ0n) is 19.8. The first-order valence-corrected chi connectivity index (χ1v) is 11.7. The summed E-state index contributed by atoms with van der Waals surface area (Å²) in [5, 5.41) is 11.2. The number of hydrogen-bond donors (Lipinski definition) is 2. The van der Waals surface area contributed by atoms with Crippen molar-refractivity contribution in [2.45, 2.75) is 33.1 Å². The van der Waals surface area contributed by atoms with Crippen molar-refractivity contribution in [1.82, 2.24) is 25.3 Å². The van der Waals surface area contributed by atoms with Crippen LogP contribution in [0.5, 0.6) is 0 Å². The fourth-order valence-corrected chi connectivity index (χ4v) is 4.00. The number of benzene rings is 2. The lowest BCUT2D eigenvalue weighted by atomic mass is 10.1. The van der Waals surface area contributed by atoms with E-state index < -0.39 is 0 Å². The molecule has 1 aliphatic rings. The van der Waals surface area contributed by atoms with E-state index in [1.807, 2.05) is 23.1 Å². The molecule has 1 aliphatic heterocycles. The largest absolute Gasteiger partial charge is 0.379 e. The number of aliphatic imine (C=N–C) groups is 1. The molecule has 2 heterocycles. The molecule has 0 aliphatic carbocycles. The van der Waals surface area contributed by atoms with Crippen LogP contribution in [0.3, 0.4) is 0 Å². The Kier molecular flexibility index (Phi) is 10.8. The highest BCUT2D eigenvalue weighted by Gasteiger charge is 2.12. The Morgan fingerprint density at radius 1 is 0.912 bits per heavy atom. The summed E-state index contributed by atoms with van der Waals surface area (Å²) in [7, 11) is 0. The summed E-state index contributed by atoms with van der Waals surface area (Å²) in [6, 6.07) is 19.0. The van der Waals surface area contributed by atoms with Crippen LogP contribution in [0.15, 0.2) is 72.0 Å². The Bertz CT molecular complexity index is 1020. The number of nitrogens with zero attached hydrogens (tertiary/aromatic N) is 4. The van der Waals surface area contributed by atoms with Gasteiger partial charge in [0.1, 0.15) is 0 Å². The van der Waals surface area contributed by atoms with Gasteiger partial charge in [0, 0.05) is 45.1 Å². The third-order valence-electron chi connectivity index (χ3n) is 5.82. The topological polar surface area (TPSA) is 66.7 Å². The molecule has 0 bridgehead atoms. The first-order valence-electron chi connectivity index (χ1n) is 11.7. The van der Waals surface area contributed by atoms with Gasteiger partial charge >= 0.3 is 0 Å². The molecule has 0 atom stereocenters. The summed E-state index contributed by atoms with van der Waals surface area (Å²) in [5.41, 5.74) is 5.09. The van der Waals surface area contributed by atoms with Crippen molar-refractivity contribution in [3.05, 3.63) is 89.2 Å². The Balaban J connectivity index is 0.00000324. The van der Waals surface area contributed by atoms with Crippen LogP contribution < -0.4 is 10.6 Å². The van der Waals surface area contributed by atoms with E-state index in [9.17, 15) is 0 Å². The van der Waals surface area contributed by atoms with Gasteiger partial charge in [-0.05, 0) is 35.2 Å². The van der Waals surface area contributed by atoms with Crippen LogP contribution in [-0.2, 0) is 30.9 Å². The maximum atomic E-state index is 5.49.